The molecule has 16 heavy (non-hydrogen) atoms. The van der Waals surface area contributed by atoms with Gasteiger partial charge in [0.15, 0.2) is 0 Å². The zero-order valence-electron chi connectivity index (χ0n) is 9.58. The molecule has 1 saturated carbocycles. The van der Waals surface area contributed by atoms with Crippen LogP contribution >= 0.6 is 22.9 Å². The standard InChI is InChI=1S/C12H19ClN2S/c1-8-3-2-4-10(8)11(15-14)7-9-5-6-12(13)16-9/h5-6,8,10-11,15H,2-4,7,14H2,1H3. The maximum Gasteiger partial charge on any atom is 0.0931 e. The van der Waals surface area contributed by atoms with Gasteiger partial charge in [0.2, 0.25) is 0 Å². The third kappa shape index (κ3) is 2.77. The maximum atomic E-state index is 5.94. The molecule has 1 fully saturated rings. The number of nitrogens with two attached hydrogens (primary N) is 1. The van der Waals surface area contributed by atoms with E-state index in [4.69, 9.17) is 17.4 Å². The van der Waals surface area contributed by atoms with E-state index in [0.29, 0.717) is 12.0 Å². The molecule has 1 aliphatic rings. The minimum atomic E-state index is 0.396. The van der Waals surface area contributed by atoms with Crippen LogP contribution in [0.1, 0.15) is 31.1 Å². The Morgan fingerprint density at radius 1 is 1.56 bits per heavy atom. The number of hydrazine groups is 1. The summed E-state index contributed by atoms with van der Waals surface area (Å²) in [5.41, 5.74) is 3.00. The van der Waals surface area contributed by atoms with Crippen LogP contribution in [0.25, 0.3) is 0 Å². The quantitative estimate of drug-likeness (QED) is 0.643. The Bertz CT molecular complexity index is 340. The van der Waals surface area contributed by atoms with Gasteiger partial charge >= 0.3 is 0 Å². The number of hydrogen-bond donors (Lipinski definition) is 2. The fourth-order valence-corrected chi connectivity index (χ4v) is 3.93. The van der Waals surface area contributed by atoms with Gasteiger partial charge in [0, 0.05) is 10.9 Å². The molecule has 4 heteroatoms. The number of nitrogens with one attached hydrogen (secondary N) is 1. The molecule has 2 rings (SSSR count). The Balaban J connectivity index is 2.00. The topological polar surface area (TPSA) is 38.0 Å². The van der Waals surface area contributed by atoms with Crippen molar-refractivity contribution in [2.75, 3.05) is 0 Å². The second-order valence-electron chi connectivity index (χ2n) is 4.76. The molecule has 0 saturated heterocycles. The van der Waals surface area contributed by atoms with Crippen LogP contribution in [0.3, 0.4) is 0 Å². The molecule has 2 nitrogen and oxygen atoms in total. The summed E-state index contributed by atoms with van der Waals surface area (Å²) in [6, 6.07) is 4.47. The van der Waals surface area contributed by atoms with E-state index in [2.05, 4.69) is 18.4 Å². The molecule has 1 heterocycles. The summed E-state index contributed by atoms with van der Waals surface area (Å²) >= 11 is 7.60. The molecule has 3 atom stereocenters. The second kappa shape index (κ2) is 5.50. The van der Waals surface area contributed by atoms with Crippen LogP contribution < -0.4 is 11.3 Å². The summed E-state index contributed by atoms with van der Waals surface area (Å²) in [6.45, 7) is 2.34. The van der Waals surface area contributed by atoms with Crippen LogP contribution in [0.15, 0.2) is 12.1 Å². The fourth-order valence-electron chi connectivity index (χ4n) is 2.78. The predicted octanol–water partition coefficient (Wildman–Crippen LogP) is 3.21. The van der Waals surface area contributed by atoms with E-state index < -0.39 is 0 Å². The van der Waals surface area contributed by atoms with E-state index in [0.717, 1.165) is 16.7 Å². The third-order valence-corrected chi connectivity index (χ3v) is 4.96. The predicted molar refractivity (Wildman–Crippen MR) is 70.6 cm³/mol. The monoisotopic (exact) mass is 258 g/mol. The minimum absolute atomic E-state index is 0.396. The minimum Gasteiger partial charge on any atom is -0.271 e. The Morgan fingerprint density at radius 3 is 2.88 bits per heavy atom. The molecule has 1 aromatic heterocycles. The first-order chi connectivity index (χ1) is 7.70. The summed E-state index contributed by atoms with van der Waals surface area (Å²) in [6.07, 6.45) is 4.99. The molecule has 0 spiro atoms. The first-order valence-electron chi connectivity index (χ1n) is 5.91. The smallest absolute Gasteiger partial charge is 0.0931 e. The van der Waals surface area contributed by atoms with Crippen molar-refractivity contribution < 1.29 is 0 Å². The molecule has 1 aromatic rings. The van der Waals surface area contributed by atoms with Crippen LogP contribution in [0.4, 0.5) is 0 Å². The molecule has 3 N–H and O–H groups in total. The van der Waals surface area contributed by atoms with Gasteiger partial charge in [0.05, 0.1) is 4.34 Å². The van der Waals surface area contributed by atoms with Crippen molar-refractivity contribution in [2.45, 2.75) is 38.6 Å². The Kier molecular flexibility index (Phi) is 4.25. The average molecular weight is 259 g/mol. The molecule has 1 aliphatic carbocycles. The highest BCUT2D eigenvalue weighted by molar-refractivity contribution is 7.16. The van der Waals surface area contributed by atoms with Gasteiger partial charge in [-0.25, -0.2) is 0 Å². The first kappa shape index (κ1) is 12.4. The van der Waals surface area contributed by atoms with E-state index >= 15 is 0 Å². The lowest BCUT2D eigenvalue weighted by Gasteiger charge is -2.25. The molecule has 0 amide bonds. The molecule has 0 bridgehead atoms. The van der Waals surface area contributed by atoms with Gasteiger partial charge in [0.1, 0.15) is 0 Å². The highest BCUT2D eigenvalue weighted by Gasteiger charge is 2.30. The molecule has 3 unspecified atom stereocenters. The number of thiophene rings is 1. The molecule has 0 aliphatic heterocycles. The maximum absolute atomic E-state index is 5.94. The molecule has 0 aromatic carbocycles. The van der Waals surface area contributed by atoms with Crippen molar-refractivity contribution in [3.05, 3.63) is 21.3 Å². The normalized spacial score (nSPS) is 27.2. The zero-order valence-corrected chi connectivity index (χ0v) is 11.2. The van der Waals surface area contributed by atoms with Crippen molar-refractivity contribution in [3.8, 4) is 0 Å². The Morgan fingerprint density at radius 2 is 2.38 bits per heavy atom. The summed E-state index contributed by atoms with van der Waals surface area (Å²) in [5, 5.41) is 0. The number of hydrogen-bond acceptors (Lipinski definition) is 3. The van der Waals surface area contributed by atoms with Crippen molar-refractivity contribution in [2.24, 2.45) is 17.7 Å². The van der Waals surface area contributed by atoms with Crippen molar-refractivity contribution in [1.29, 1.82) is 0 Å². The Hall–Kier alpha value is -0.0900. The zero-order chi connectivity index (χ0) is 11.5. The van der Waals surface area contributed by atoms with E-state index in [1.165, 1.54) is 24.1 Å². The van der Waals surface area contributed by atoms with Crippen molar-refractivity contribution >= 4 is 22.9 Å². The van der Waals surface area contributed by atoms with Crippen LogP contribution in [0.5, 0.6) is 0 Å². The van der Waals surface area contributed by atoms with Crippen molar-refractivity contribution in [3.63, 3.8) is 0 Å². The fraction of sp³-hybridized carbons (Fsp3) is 0.667. The van der Waals surface area contributed by atoms with Crippen LogP contribution in [-0.2, 0) is 6.42 Å². The lowest BCUT2D eigenvalue weighted by Crippen LogP contribution is -2.43. The molecule has 0 radical (unpaired) electrons. The van der Waals surface area contributed by atoms with E-state index in [9.17, 15) is 0 Å². The third-order valence-electron chi connectivity index (χ3n) is 3.71. The molecule has 90 valence electrons. The summed E-state index contributed by atoms with van der Waals surface area (Å²) in [4.78, 5) is 1.33. The summed E-state index contributed by atoms with van der Waals surface area (Å²) in [7, 11) is 0. The summed E-state index contributed by atoms with van der Waals surface area (Å²) in [5.74, 6) is 7.19. The van der Waals surface area contributed by atoms with E-state index in [-0.39, 0.29) is 0 Å². The highest BCUT2D eigenvalue weighted by atomic mass is 35.5. The van der Waals surface area contributed by atoms with Crippen LogP contribution in [-0.4, -0.2) is 6.04 Å². The highest BCUT2D eigenvalue weighted by Crippen LogP contribution is 2.35. The Labute approximate surface area is 106 Å². The van der Waals surface area contributed by atoms with Gasteiger partial charge in [-0.2, -0.15) is 0 Å². The first-order valence-corrected chi connectivity index (χ1v) is 7.10. The van der Waals surface area contributed by atoms with Gasteiger partial charge < -0.3 is 0 Å². The lowest BCUT2D eigenvalue weighted by atomic mass is 9.88. The van der Waals surface area contributed by atoms with Crippen LogP contribution in [0, 0.1) is 11.8 Å². The SMILES string of the molecule is CC1CCCC1C(Cc1ccc(Cl)s1)NN. The molecular weight excluding hydrogens is 240 g/mol. The number of rotatable bonds is 4. The summed E-state index contributed by atoms with van der Waals surface area (Å²) < 4.78 is 0.866. The largest absolute Gasteiger partial charge is 0.271 e. The van der Waals surface area contributed by atoms with Gasteiger partial charge in [-0.3, -0.25) is 11.3 Å². The van der Waals surface area contributed by atoms with Gasteiger partial charge in [-0.05, 0) is 36.8 Å². The van der Waals surface area contributed by atoms with Gasteiger partial charge in [-0.1, -0.05) is 31.4 Å². The number of halogens is 1. The average Bonchev–Trinajstić information content (AvgIpc) is 2.84. The second-order valence-corrected chi connectivity index (χ2v) is 6.55. The molecular formula is C12H19ClN2S. The van der Waals surface area contributed by atoms with Crippen molar-refractivity contribution in [1.82, 2.24) is 5.43 Å². The van der Waals surface area contributed by atoms with E-state index in [1.54, 1.807) is 11.3 Å². The van der Waals surface area contributed by atoms with Gasteiger partial charge in [-0.15, -0.1) is 11.3 Å². The van der Waals surface area contributed by atoms with Gasteiger partial charge in [0.25, 0.3) is 0 Å². The van der Waals surface area contributed by atoms with E-state index in [1.807, 2.05) is 6.07 Å². The van der Waals surface area contributed by atoms with Crippen LogP contribution in [0.2, 0.25) is 4.34 Å². The lowest BCUT2D eigenvalue weighted by molar-refractivity contribution is 0.298.